The quantitative estimate of drug-likeness (QED) is 0.160. The summed E-state index contributed by atoms with van der Waals surface area (Å²) in [5, 5.41) is 21.5. The number of para-hydroxylation sites is 2. The zero-order valence-corrected chi connectivity index (χ0v) is 15.9. The minimum atomic E-state index is -0.119. The molecule has 1 heterocycles. The minimum Gasteiger partial charge on any atom is -0.410 e. The van der Waals surface area contributed by atoms with Crippen LogP contribution in [0.2, 0.25) is 0 Å². The fraction of sp³-hybridized carbons (Fsp3) is 0.190. The number of carbonyl (C=O) groups is 1. The van der Waals surface area contributed by atoms with Crippen LogP contribution in [-0.4, -0.2) is 38.6 Å². The molecule has 0 fully saturated rings. The first-order valence-electron chi connectivity index (χ1n) is 9.00. The smallest absolute Gasteiger partial charge is 0.186 e. The molecule has 0 saturated heterocycles. The van der Waals surface area contributed by atoms with E-state index in [2.05, 4.69) is 15.1 Å². The van der Waals surface area contributed by atoms with E-state index in [4.69, 9.17) is 11.0 Å². The van der Waals surface area contributed by atoms with Crippen LogP contribution in [0.4, 0.5) is 0 Å². The lowest BCUT2D eigenvalue weighted by atomic mass is 10.1. The fourth-order valence-electron chi connectivity index (χ4n) is 2.90. The Kier molecular flexibility index (Phi) is 6.00. The molecule has 0 aliphatic rings. The highest BCUT2D eigenvalue weighted by molar-refractivity contribution is 6.46. The zero-order chi connectivity index (χ0) is 20.8. The number of rotatable bonds is 7. The van der Waals surface area contributed by atoms with E-state index in [0.29, 0.717) is 16.6 Å². The number of nitrogens with two attached hydrogens (primary N) is 1. The SMILES string of the molecule is Cc1ccc(C(=O)Cn2c(/C(=N/O)C(N)=NCCC#N)nc3ccccc32)cc1. The number of fused-ring (bicyclic) bond motifs is 1. The summed E-state index contributed by atoms with van der Waals surface area (Å²) in [5.74, 6) is 0.0566. The largest absolute Gasteiger partial charge is 0.410 e. The molecule has 1 aromatic heterocycles. The van der Waals surface area contributed by atoms with E-state index in [1.807, 2.05) is 43.3 Å². The van der Waals surface area contributed by atoms with E-state index in [0.717, 1.165) is 5.56 Å². The van der Waals surface area contributed by atoms with Gasteiger partial charge in [-0.05, 0) is 19.1 Å². The Bertz CT molecular complexity index is 1140. The van der Waals surface area contributed by atoms with E-state index >= 15 is 0 Å². The summed E-state index contributed by atoms with van der Waals surface area (Å²) in [6.07, 6.45) is 0.182. The van der Waals surface area contributed by atoms with Crippen molar-refractivity contribution in [2.24, 2.45) is 15.9 Å². The van der Waals surface area contributed by atoms with Gasteiger partial charge in [0.25, 0.3) is 0 Å². The average Bonchev–Trinajstić information content (AvgIpc) is 3.07. The molecule has 3 N–H and O–H groups in total. The number of hydrogen-bond donors (Lipinski definition) is 2. The molecule has 29 heavy (non-hydrogen) atoms. The van der Waals surface area contributed by atoms with Crippen LogP contribution < -0.4 is 5.73 Å². The number of oxime groups is 1. The second-order valence-electron chi connectivity index (χ2n) is 6.42. The third-order valence-electron chi connectivity index (χ3n) is 4.39. The molecule has 0 radical (unpaired) electrons. The van der Waals surface area contributed by atoms with E-state index in [1.165, 1.54) is 0 Å². The minimum absolute atomic E-state index is 0.0105. The molecule has 0 bridgehead atoms. The fourth-order valence-corrected chi connectivity index (χ4v) is 2.90. The van der Waals surface area contributed by atoms with Gasteiger partial charge in [-0.1, -0.05) is 47.1 Å². The highest BCUT2D eigenvalue weighted by Gasteiger charge is 2.21. The van der Waals surface area contributed by atoms with Crippen LogP contribution in [0.15, 0.2) is 58.7 Å². The first-order valence-corrected chi connectivity index (χ1v) is 9.00. The number of ketones is 1. The number of carbonyl (C=O) groups excluding carboxylic acids is 1. The monoisotopic (exact) mass is 388 g/mol. The summed E-state index contributed by atoms with van der Waals surface area (Å²) < 4.78 is 1.65. The maximum absolute atomic E-state index is 12.9. The van der Waals surface area contributed by atoms with E-state index in [9.17, 15) is 10.0 Å². The molecule has 0 amide bonds. The number of aliphatic imine (C=N–C) groups is 1. The average molecular weight is 388 g/mol. The number of benzene rings is 2. The Morgan fingerprint density at radius 2 is 1.97 bits per heavy atom. The van der Waals surface area contributed by atoms with Crippen LogP contribution in [0.3, 0.4) is 0 Å². The highest BCUT2D eigenvalue weighted by atomic mass is 16.4. The van der Waals surface area contributed by atoms with Crippen LogP contribution >= 0.6 is 0 Å². The van der Waals surface area contributed by atoms with Crippen LogP contribution in [-0.2, 0) is 6.54 Å². The van der Waals surface area contributed by atoms with Crippen molar-refractivity contribution in [2.45, 2.75) is 19.9 Å². The summed E-state index contributed by atoms with van der Waals surface area (Å²) in [5.41, 5.74) is 8.88. The lowest BCUT2D eigenvalue weighted by Crippen LogP contribution is -2.29. The predicted octanol–water partition coefficient (Wildman–Crippen LogP) is 2.68. The van der Waals surface area contributed by atoms with Gasteiger partial charge in [0.15, 0.2) is 23.2 Å². The second-order valence-corrected chi connectivity index (χ2v) is 6.42. The van der Waals surface area contributed by atoms with Crippen LogP contribution in [0.1, 0.15) is 28.2 Å². The van der Waals surface area contributed by atoms with E-state index < -0.39 is 0 Å². The summed E-state index contributed by atoms with van der Waals surface area (Å²) in [6.45, 7) is 2.11. The number of imidazole rings is 1. The van der Waals surface area contributed by atoms with Crippen molar-refractivity contribution in [1.82, 2.24) is 9.55 Å². The number of aryl methyl sites for hydroxylation is 1. The van der Waals surface area contributed by atoms with Crippen molar-refractivity contribution in [1.29, 1.82) is 5.26 Å². The third kappa shape index (κ3) is 4.30. The summed E-state index contributed by atoms with van der Waals surface area (Å²) in [4.78, 5) is 21.4. The van der Waals surface area contributed by atoms with Gasteiger partial charge in [0.2, 0.25) is 0 Å². The molecule has 0 spiro atoms. The standard InChI is InChI=1S/C21H20N6O2/c1-14-7-9-15(10-8-14)18(28)13-27-17-6-3-2-5-16(17)25-21(27)19(26-29)20(23)24-12-4-11-22/h2-3,5-10,29H,4,12-13H2,1H3,(H2,23,24)/b26-19+. The van der Waals surface area contributed by atoms with Crippen molar-refractivity contribution in [3.63, 3.8) is 0 Å². The Morgan fingerprint density at radius 3 is 2.66 bits per heavy atom. The maximum Gasteiger partial charge on any atom is 0.186 e. The number of nitrogens with zero attached hydrogens (tertiary/aromatic N) is 5. The van der Waals surface area contributed by atoms with Gasteiger partial charge < -0.3 is 15.5 Å². The van der Waals surface area contributed by atoms with Gasteiger partial charge in [-0.3, -0.25) is 9.79 Å². The van der Waals surface area contributed by atoms with Gasteiger partial charge in [0, 0.05) is 5.56 Å². The lowest BCUT2D eigenvalue weighted by Gasteiger charge is -2.10. The van der Waals surface area contributed by atoms with Gasteiger partial charge in [-0.15, -0.1) is 0 Å². The molecular weight excluding hydrogens is 368 g/mol. The van der Waals surface area contributed by atoms with Crippen molar-refractivity contribution in [3.8, 4) is 6.07 Å². The Hall–Kier alpha value is -3.99. The first kappa shape index (κ1) is 19.8. The molecule has 3 rings (SSSR count). The second kappa shape index (κ2) is 8.80. The third-order valence-corrected chi connectivity index (χ3v) is 4.39. The maximum atomic E-state index is 12.9. The molecule has 8 heteroatoms. The van der Waals surface area contributed by atoms with Gasteiger partial charge in [-0.25, -0.2) is 4.98 Å². The summed E-state index contributed by atoms with van der Waals surface area (Å²) in [6, 6.07) is 16.5. The van der Waals surface area contributed by atoms with Gasteiger partial charge in [0.05, 0.1) is 36.6 Å². The molecule has 146 valence electrons. The molecular formula is C21H20N6O2. The number of hydrogen-bond acceptors (Lipinski definition) is 6. The topological polar surface area (TPSA) is 130 Å². The van der Waals surface area contributed by atoms with Crippen LogP contribution in [0.25, 0.3) is 11.0 Å². The summed E-state index contributed by atoms with van der Waals surface area (Å²) >= 11 is 0. The Labute approximate surface area is 167 Å². The molecule has 0 aliphatic heterocycles. The number of aromatic nitrogens is 2. The Balaban J connectivity index is 2.04. The van der Waals surface area contributed by atoms with Crippen LogP contribution in [0, 0.1) is 18.3 Å². The van der Waals surface area contributed by atoms with E-state index in [-0.39, 0.29) is 42.7 Å². The lowest BCUT2D eigenvalue weighted by molar-refractivity contribution is 0.0973. The highest BCUT2D eigenvalue weighted by Crippen LogP contribution is 2.18. The molecule has 0 unspecified atom stereocenters. The molecule has 3 aromatic rings. The number of amidine groups is 1. The molecule has 8 nitrogen and oxygen atoms in total. The van der Waals surface area contributed by atoms with Crippen LogP contribution in [0.5, 0.6) is 0 Å². The van der Waals surface area contributed by atoms with Crippen molar-refractivity contribution in [3.05, 3.63) is 65.5 Å². The van der Waals surface area contributed by atoms with E-state index in [1.54, 1.807) is 22.8 Å². The predicted molar refractivity (Wildman–Crippen MR) is 110 cm³/mol. The van der Waals surface area contributed by atoms with Crippen molar-refractivity contribution < 1.29 is 10.0 Å². The van der Waals surface area contributed by atoms with Gasteiger partial charge in [-0.2, -0.15) is 5.26 Å². The first-order chi connectivity index (χ1) is 14.0. The number of Topliss-reactive ketones (excluding diaryl/α,β-unsaturated/α-hetero) is 1. The summed E-state index contributed by atoms with van der Waals surface area (Å²) in [7, 11) is 0. The van der Waals surface area contributed by atoms with Crippen molar-refractivity contribution in [2.75, 3.05) is 6.54 Å². The Morgan fingerprint density at radius 1 is 1.24 bits per heavy atom. The van der Waals surface area contributed by atoms with Gasteiger partial charge >= 0.3 is 0 Å². The number of nitriles is 1. The normalized spacial score (nSPS) is 12.1. The van der Waals surface area contributed by atoms with Gasteiger partial charge in [0.1, 0.15) is 0 Å². The molecule has 2 aromatic carbocycles. The molecule has 0 atom stereocenters. The van der Waals surface area contributed by atoms with Crippen molar-refractivity contribution >= 4 is 28.4 Å². The molecule has 0 saturated carbocycles. The zero-order valence-electron chi connectivity index (χ0n) is 15.9. The molecule has 0 aliphatic carbocycles.